The molecule has 3 aromatic heterocycles. The molecule has 28 heteroatoms. The molecule has 0 saturated heterocycles. The van der Waals surface area contributed by atoms with Crippen LogP contribution in [0.4, 0.5) is 67.7 Å². The van der Waals surface area contributed by atoms with Gasteiger partial charge in [-0.1, -0.05) is 54.7 Å². The largest absolute Gasteiger partial charge is 0.339 e. The van der Waals surface area contributed by atoms with Crippen LogP contribution in [-0.2, 0) is 36.8 Å². The molecule has 0 fully saturated rings. The van der Waals surface area contributed by atoms with Crippen LogP contribution in [0.1, 0.15) is 35.0 Å². The van der Waals surface area contributed by atoms with Crippen LogP contribution >= 0.6 is 11.3 Å². The van der Waals surface area contributed by atoms with Gasteiger partial charge in [-0.15, -0.1) is 20.5 Å². The predicted octanol–water partition coefficient (Wildman–Crippen LogP) is 11.0. The van der Waals surface area contributed by atoms with E-state index in [2.05, 4.69) is 79.9 Å². The molecule has 8 aromatic rings. The molecule has 380 valence electrons. The van der Waals surface area contributed by atoms with E-state index < -0.39 is 35.2 Å². The number of aryl methyl sites for hydroxylation is 1. The topological polar surface area (TPSA) is 384 Å². The Balaban J connectivity index is 1.19. The lowest BCUT2D eigenvalue weighted by atomic mass is 10.0. The van der Waals surface area contributed by atoms with E-state index in [9.17, 15) is 54.7 Å². The second-order valence-corrected chi connectivity index (χ2v) is 20.9. The van der Waals surface area contributed by atoms with Gasteiger partial charge < -0.3 is 21.3 Å². The fourth-order valence-electron chi connectivity index (χ4n) is 7.05. The number of hydrogen-bond acceptors (Lipinski definition) is 22. The van der Waals surface area contributed by atoms with Crippen molar-refractivity contribution in [2.75, 3.05) is 21.3 Å². The molecule has 8 rings (SSSR count). The lowest BCUT2D eigenvalue weighted by Crippen LogP contribution is -2.09. The van der Waals surface area contributed by atoms with E-state index in [0.717, 1.165) is 35.6 Å². The Bertz CT molecular complexity index is 4120. The van der Waals surface area contributed by atoms with Crippen LogP contribution in [0.2, 0.25) is 0 Å². The number of anilines is 8. The number of nitriles is 3. The highest BCUT2D eigenvalue weighted by molar-refractivity contribution is 7.86. The highest BCUT2D eigenvalue weighted by atomic mass is 32.2. The molecule has 7 N–H and O–H groups in total. The molecule has 0 spiro atoms. The molecule has 0 radical (unpaired) electrons. The monoisotopic (exact) mass is 1090 g/mol. The van der Waals surface area contributed by atoms with Gasteiger partial charge in [0.25, 0.3) is 30.4 Å². The summed E-state index contributed by atoms with van der Waals surface area (Å²) in [4.78, 5) is 16.7. The maximum atomic E-state index is 12.1. The molecule has 5 aromatic carbocycles. The molecular weight excluding hydrogens is 1060 g/mol. The van der Waals surface area contributed by atoms with E-state index in [1.54, 1.807) is 61.5 Å². The number of benzene rings is 5. The summed E-state index contributed by atoms with van der Waals surface area (Å²) in [6.07, 6.45) is 0.373. The second-order valence-electron chi connectivity index (χ2n) is 15.7. The fourth-order valence-corrected chi connectivity index (χ4v) is 9.57. The average molecular weight is 1090 g/mol. The van der Waals surface area contributed by atoms with Crippen LogP contribution in [0.5, 0.6) is 0 Å². The third kappa shape index (κ3) is 12.1. The third-order valence-electron chi connectivity index (χ3n) is 10.7. The summed E-state index contributed by atoms with van der Waals surface area (Å²) in [5.74, 6) is 0.334. The normalized spacial score (nSPS) is 11.7. The smallest absolute Gasteiger partial charge is 0.296 e. The Morgan fingerprint density at radius 1 is 0.553 bits per heavy atom. The Morgan fingerprint density at radius 3 is 1.67 bits per heavy atom. The van der Waals surface area contributed by atoms with Crippen LogP contribution in [0, 0.1) is 40.9 Å². The third-order valence-corrected chi connectivity index (χ3v) is 14.3. The van der Waals surface area contributed by atoms with Gasteiger partial charge in [-0.05, 0) is 97.4 Å². The van der Waals surface area contributed by atoms with E-state index in [0.29, 0.717) is 23.5 Å². The SMILES string of the molecule is CCc1nc(Nc2ccc(-c3c(/N=N/c4ccccc4C#N)sc(/N=N/c4c(Nc5ccc(S(=O)(=O)O)cc5)nc(Nc5ccc(S(=O)(=O)O)cc5)c(C#N)c4C)c3C#N)cc2)nc(Nc2ccccc2S(=O)(=O)O)n1. The van der Waals surface area contributed by atoms with E-state index in [1.807, 2.05) is 6.92 Å². The molecule has 0 atom stereocenters. The summed E-state index contributed by atoms with van der Waals surface area (Å²) in [6.45, 7) is 3.35. The lowest BCUT2D eigenvalue weighted by Gasteiger charge is -2.16. The zero-order valence-electron chi connectivity index (χ0n) is 39.1. The van der Waals surface area contributed by atoms with Gasteiger partial charge in [0.15, 0.2) is 16.6 Å². The van der Waals surface area contributed by atoms with E-state index in [-0.39, 0.29) is 99.6 Å². The number of azo groups is 2. The van der Waals surface area contributed by atoms with Crippen LogP contribution in [0.3, 0.4) is 0 Å². The molecule has 0 aliphatic heterocycles. The van der Waals surface area contributed by atoms with Crippen molar-refractivity contribution < 1.29 is 38.9 Å². The molecular formula is C48H35N15O9S4. The molecule has 0 bridgehead atoms. The first-order valence-electron chi connectivity index (χ1n) is 21.8. The number of thiophene rings is 1. The zero-order chi connectivity index (χ0) is 54.4. The number of hydrogen-bond donors (Lipinski definition) is 7. The van der Waals surface area contributed by atoms with Crippen molar-refractivity contribution in [2.45, 2.75) is 35.0 Å². The maximum Gasteiger partial charge on any atom is 0.296 e. The van der Waals surface area contributed by atoms with Crippen molar-refractivity contribution in [3.8, 4) is 29.3 Å². The zero-order valence-corrected chi connectivity index (χ0v) is 42.4. The molecule has 0 aliphatic carbocycles. The van der Waals surface area contributed by atoms with Crippen LogP contribution in [0.15, 0.2) is 156 Å². The number of rotatable bonds is 17. The molecule has 0 unspecified atom stereocenters. The highest BCUT2D eigenvalue weighted by Crippen LogP contribution is 2.49. The minimum Gasteiger partial charge on any atom is -0.339 e. The van der Waals surface area contributed by atoms with Gasteiger partial charge in [-0.25, -0.2) is 4.98 Å². The number of aromatic nitrogens is 4. The van der Waals surface area contributed by atoms with Gasteiger partial charge in [-0.2, -0.15) is 56.0 Å². The Labute approximate surface area is 437 Å². The molecule has 0 saturated carbocycles. The Morgan fingerprint density at radius 2 is 1.09 bits per heavy atom. The summed E-state index contributed by atoms with van der Waals surface area (Å²) in [7, 11) is -13.7. The standard InChI is InChI=1S/C48H35N15O9S4/c1-3-40-56-47(59-48(57-40)55-38-10-6-7-11-39(38)76(70,71)72)54-32-14-12-28(13-15-32)41-36(26-51)45(73-46(41)63-60-37-9-5-4-8-29(37)24-49)62-61-42-27(2)35(25-50)43(52-30-16-20-33(21-17-30)74(64,65)66)58-44(42)53-31-18-22-34(23-19-31)75(67,68)69/h4-23H,3H2,1-2H3,(H2,52,53,58)(H,64,65,66)(H,67,68,69)(H,70,71,72)(H2,54,55,56,57,59)/b62-61+,63-60+. The highest BCUT2D eigenvalue weighted by Gasteiger charge is 2.24. The van der Waals surface area contributed by atoms with Gasteiger partial charge >= 0.3 is 0 Å². The van der Waals surface area contributed by atoms with Gasteiger partial charge in [0, 0.05) is 34.6 Å². The van der Waals surface area contributed by atoms with E-state index in [1.165, 1.54) is 42.5 Å². The number of nitrogens with one attached hydrogen (secondary N) is 4. The van der Waals surface area contributed by atoms with Gasteiger partial charge in [0.1, 0.15) is 50.9 Å². The first kappa shape index (κ1) is 52.9. The summed E-state index contributed by atoms with van der Waals surface area (Å²) >= 11 is 0.922. The fraction of sp³-hybridized carbons (Fsp3) is 0.0625. The second kappa shape index (κ2) is 22.0. The van der Waals surface area contributed by atoms with Gasteiger partial charge in [0.2, 0.25) is 11.9 Å². The van der Waals surface area contributed by atoms with Crippen LogP contribution < -0.4 is 21.3 Å². The Hall–Kier alpha value is -9.44. The molecule has 0 aliphatic rings. The minimum absolute atomic E-state index is 0.00372. The predicted molar refractivity (Wildman–Crippen MR) is 279 cm³/mol. The van der Waals surface area contributed by atoms with Crippen molar-refractivity contribution in [2.24, 2.45) is 20.5 Å². The molecule has 76 heavy (non-hydrogen) atoms. The van der Waals surface area contributed by atoms with Crippen molar-refractivity contribution in [3.63, 3.8) is 0 Å². The first-order valence-corrected chi connectivity index (χ1v) is 26.9. The maximum absolute atomic E-state index is 12.1. The quantitative estimate of drug-likeness (QED) is 0.0329. The van der Waals surface area contributed by atoms with Crippen LogP contribution in [0.25, 0.3) is 11.1 Å². The summed E-state index contributed by atoms with van der Waals surface area (Å²) in [6, 6.07) is 35.0. The number of para-hydroxylation sites is 1. The van der Waals surface area contributed by atoms with Gasteiger partial charge in [0.05, 0.1) is 26.6 Å². The van der Waals surface area contributed by atoms with E-state index in [4.69, 9.17) is 0 Å². The summed E-state index contributed by atoms with van der Waals surface area (Å²) in [5, 5.41) is 61.0. The number of nitrogens with zero attached hydrogens (tertiary/aromatic N) is 11. The molecule has 24 nitrogen and oxygen atoms in total. The van der Waals surface area contributed by atoms with Crippen molar-refractivity contribution in [3.05, 3.63) is 149 Å². The van der Waals surface area contributed by atoms with Gasteiger partial charge in [-0.3, -0.25) is 13.7 Å². The molecule has 0 amide bonds. The minimum atomic E-state index is -4.60. The first-order chi connectivity index (χ1) is 36.3. The van der Waals surface area contributed by atoms with Crippen molar-refractivity contribution >= 4 is 109 Å². The van der Waals surface area contributed by atoms with Crippen molar-refractivity contribution in [1.29, 1.82) is 15.8 Å². The summed E-state index contributed by atoms with van der Waals surface area (Å²) in [5.41, 5.74) is 2.34. The average Bonchev–Trinajstić information content (AvgIpc) is 3.75. The van der Waals surface area contributed by atoms with E-state index >= 15 is 0 Å². The van der Waals surface area contributed by atoms with Crippen LogP contribution in [-0.4, -0.2) is 58.8 Å². The lowest BCUT2D eigenvalue weighted by molar-refractivity contribution is 0.481. The summed E-state index contributed by atoms with van der Waals surface area (Å²) < 4.78 is 100.0. The van der Waals surface area contributed by atoms with Crippen molar-refractivity contribution in [1.82, 2.24) is 19.9 Å². The number of pyridine rings is 1. The Kier molecular flexibility index (Phi) is 15.3. The molecule has 3 heterocycles.